The minimum absolute atomic E-state index is 0.0518. The van der Waals surface area contributed by atoms with E-state index in [9.17, 15) is 30.7 Å². The number of hydrogen-bond acceptors (Lipinski definition) is 1. The summed E-state index contributed by atoms with van der Waals surface area (Å²) in [6, 6.07) is 5.89. The van der Waals surface area contributed by atoms with Crippen molar-refractivity contribution in [1.82, 2.24) is 0 Å². The maximum absolute atomic E-state index is 14.5. The molecule has 0 aliphatic heterocycles. The highest BCUT2D eigenvalue weighted by Crippen LogP contribution is 2.42. The van der Waals surface area contributed by atoms with Gasteiger partial charge in [0.15, 0.2) is 0 Å². The maximum atomic E-state index is 14.5. The van der Waals surface area contributed by atoms with E-state index in [0.29, 0.717) is 5.92 Å². The lowest BCUT2D eigenvalue weighted by Crippen LogP contribution is -2.25. The number of alkyl halides is 5. The van der Waals surface area contributed by atoms with Crippen LogP contribution >= 0.6 is 0 Å². The summed E-state index contributed by atoms with van der Waals surface area (Å²) < 4.78 is 99.2. The van der Waals surface area contributed by atoms with E-state index in [2.05, 4.69) is 11.7 Å². The molecule has 0 saturated heterocycles. The van der Waals surface area contributed by atoms with Gasteiger partial charge in [0.25, 0.3) is 0 Å². The van der Waals surface area contributed by atoms with Crippen molar-refractivity contribution in [3.63, 3.8) is 0 Å². The van der Waals surface area contributed by atoms with Gasteiger partial charge in [0.1, 0.15) is 22.9 Å². The maximum Gasteiger partial charge on any atom is 0.426 e. The van der Waals surface area contributed by atoms with Gasteiger partial charge in [0.2, 0.25) is 0 Å². The van der Waals surface area contributed by atoms with Gasteiger partial charge in [-0.05, 0) is 92.0 Å². The summed E-state index contributed by atoms with van der Waals surface area (Å²) in [5, 5.41) is 0. The molecule has 37 heavy (non-hydrogen) atoms. The van der Waals surface area contributed by atoms with Crippen LogP contribution in [0.1, 0.15) is 81.4 Å². The second kappa shape index (κ2) is 11.2. The molecule has 2 saturated carbocycles. The summed E-state index contributed by atoms with van der Waals surface area (Å²) in [5.74, 6) is -1.23. The zero-order valence-corrected chi connectivity index (χ0v) is 20.9. The molecule has 0 spiro atoms. The third kappa shape index (κ3) is 6.99. The Kier molecular flexibility index (Phi) is 8.44. The van der Waals surface area contributed by atoms with Crippen LogP contribution in [0.2, 0.25) is 0 Å². The van der Waals surface area contributed by atoms with Gasteiger partial charge in [-0.2, -0.15) is 22.0 Å². The van der Waals surface area contributed by atoms with Crippen molar-refractivity contribution in [2.75, 3.05) is 0 Å². The van der Waals surface area contributed by atoms with E-state index in [1.54, 1.807) is 12.1 Å². The summed E-state index contributed by atoms with van der Waals surface area (Å²) in [5.41, 5.74) is -2.59. The first-order valence-electron chi connectivity index (χ1n) is 13.1. The second-order valence-corrected chi connectivity index (χ2v) is 10.9. The molecule has 204 valence electrons. The van der Waals surface area contributed by atoms with Crippen LogP contribution < -0.4 is 4.74 Å². The van der Waals surface area contributed by atoms with Crippen LogP contribution in [0, 0.1) is 35.3 Å². The first-order chi connectivity index (χ1) is 17.4. The lowest BCUT2D eigenvalue weighted by Gasteiger charge is -2.37. The largest absolute Gasteiger partial charge is 0.429 e. The fourth-order valence-corrected chi connectivity index (χ4v) is 6.02. The van der Waals surface area contributed by atoms with Gasteiger partial charge >= 0.3 is 12.3 Å². The van der Waals surface area contributed by atoms with E-state index < -0.39 is 35.0 Å². The Hall–Kier alpha value is -2.25. The Bertz CT molecular complexity index is 1010. The molecule has 0 radical (unpaired) electrons. The lowest BCUT2D eigenvalue weighted by atomic mass is 9.69. The van der Waals surface area contributed by atoms with Crippen molar-refractivity contribution in [3.05, 3.63) is 64.7 Å². The molecule has 4 rings (SSSR count). The van der Waals surface area contributed by atoms with E-state index >= 15 is 0 Å². The molecule has 0 aromatic heterocycles. The van der Waals surface area contributed by atoms with E-state index in [1.165, 1.54) is 63.5 Å². The van der Waals surface area contributed by atoms with Gasteiger partial charge in [0.05, 0.1) is 5.56 Å². The Balaban J connectivity index is 1.28. The highest BCUT2D eigenvalue weighted by Gasteiger charge is 2.42. The number of ether oxygens (including phenoxy) is 1. The molecule has 0 amide bonds. The second-order valence-electron chi connectivity index (χ2n) is 10.9. The van der Waals surface area contributed by atoms with Crippen LogP contribution in [-0.2, 0) is 18.7 Å². The monoisotopic (exact) mass is 530 g/mol. The lowest BCUT2D eigenvalue weighted by molar-refractivity contribution is -0.186. The Morgan fingerprint density at radius 1 is 0.757 bits per heavy atom. The first kappa shape index (κ1) is 27.8. The van der Waals surface area contributed by atoms with Gasteiger partial charge in [-0.1, -0.05) is 44.7 Å². The topological polar surface area (TPSA) is 9.23 Å². The molecule has 8 heteroatoms. The smallest absolute Gasteiger partial charge is 0.426 e. The van der Waals surface area contributed by atoms with Crippen molar-refractivity contribution in [2.45, 2.75) is 83.4 Å². The zero-order chi connectivity index (χ0) is 26.8. The summed E-state index contributed by atoms with van der Waals surface area (Å²) in [6.07, 6.45) is 2.75. The summed E-state index contributed by atoms with van der Waals surface area (Å²) in [7, 11) is 0. The molecule has 2 aliphatic rings. The molecule has 2 aromatic rings. The van der Waals surface area contributed by atoms with Crippen molar-refractivity contribution in [1.29, 1.82) is 0 Å². The molecule has 0 heterocycles. The molecule has 2 aromatic carbocycles. The molecule has 1 nitrogen and oxygen atoms in total. The average molecular weight is 531 g/mol. The van der Waals surface area contributed by atoms with Crippen LogP contribution in [0.5, 0.6) is 5.75 Å². The molecular formula is C29H33F7O. The normalized spacial score (nSPS) is 25.2. The van der Waals surface area contributed by atoms with E-state index in [-0.39, 0.29) is 17.9 Å². The molecule has 0 bridgehead atoms. The molecule has 0 N–H and O–H groups in total. The van der Waals surface area contributed by atoms with Crippen LogP contribution in [0.25, 0.3) is 0 Å². The summed E-state index contributed by atoms with van der Waals surface area (Å²) in [6.45, 7) is 2.35. The Labute approximate surface area is 213 Å². The Morgan fingerprint density at radius 2 is 1.27 bits per heavy atom. The van der Waals surface area contributed by atoms with E-state index in [4.69, 9.17) is 0 Å². The quantitative estimate of drug-likeness (QED) is 0.324. The molecule has 0 unspecified atom stereocenters. The highest BCUT2D eigenvalue weighted by molar-refractivity contribution is 5.32. The summed E-state index contributed by atoms with van der Waals surface area (Å²) in [4.78, 5) is 0. The van der Waals surface area contributed by atoms with Crippen molar-refractivity contribution in [2.24, 2.45) is 23.7 Å². The van der Waals surface area contributed by atoms with E-state index in [0.717, 1.165) is 36.2 Å². The average Bonchev–Trinajstić information content (AvgIpc) is 2.83. The molecular weight excluding hydrogens is 497 g/mol. The van der Waals surface area contributed by atoms with Crippen LogP contribution in [0.3, 0.4) is 0 Å². The van der Waals surface area contributed by atoms with Crippen molar-refractivity contribution in [3.8, 4) is 5.75 Å². The molecule has 2 fully saturated rings. The van der Waals surface area contributed by atoms with Crippen molar-refractivity contribution < 1.29 is 35.5 Å². The van der Waals surface area contributed by atoms with Gasteiger partial charge < -0.3 is 4.74 Å². The fourth-order valence-electron chi connectivity index (χ4n) is 6.02. The Morgan fingerprint density at radius 3 is 1.78 bits per heavy atom. The zero-order valence-electron chi connectivity index (χ0n) is 20.9. The SMILES string of the molecule is CC1CCC(C2CCC(CCc3ccc(OC(F)(F)c4cc(F)c(C(F)(F)F)c(F)c4)cc3)CC2)CC1. The fraction of sp³-hybridized carbons (Fsp3) is 0.586. The standard InChI is InChI=1S/C29H33F7O/c1-18-2-10-21(11-3-18)22-12-6-19(7-13-22)4-5-20-8-14-24(15-9-20)37-29(35,36)23-16-25(30)27(26(31)17-23)28(32,33)34/h8-9,14-19,21-22H,2-7,10-13H2,1H3. The number of aryl methyl sites for hydroxylation is 1. The van der Waals surface area contributed by atoms with Gasteiger partial charge in [-0.15, -0.1) is 0 Å². The van der Waals surface area contributed by atoms with E-state index in [1.807, 2.05) is 0 Å². The number of rotatable bonds is 7. The van der Waals surface area contributed by atoms with Crippen LogP contribution in [-0.4, -0.2) is 0 Å². The third-order valence-corrected chi connectivity index (χ3v) is 8.29. The molecule has 0 atom stereocenters. The first-order valence-corrected chi connectivity index (χ1v) is 13.1. The predicted octanol–water partition coefficient (Wildman–Crippen LogP) is 9.68. The van der Waals surface area contributed by atoms with Crippen LogP contribution in [0.4, 0.5) is 30.7 Å². The van der Waals surface area contributed by atoms with Crippen LogP contribution in [0.15, 0.2) is 36.4 Å². The third-order valence-electron chi connectivity index (χ3n) is 8.29. The highest BCUT2D eigenvalue weighted by atomic mass is 19.4. The predicted molar refractivity (Wildman–Crippen MR) is 127 cm³/mol. The van der Waals surface area contributed by atoms with Gasteiger partial charge in [0, 0.05) is 0 Å². The minimum atomic E-state index is -5.34. The summed E-state index contributed by atoms with van der Waals surface area (Å²) >= 11 is 0. The van der Waals surface area contributed by atoms with Crippen molar-refractivity contribution >= 4 is 0 Å². The minimum Gasteiger partial charge on any atom is -0.429 e. The van der Waals surface area contributed by atoms with Gasteiger partial charge in [-0.3, -0.25) is 0 Å². The van der Waals surface area contributed by atoms with Gasteiger partial charge in [-0.25, -0.2) is 8.78 Å². The number of hydrogen-bond donors (Lipinski definition) is 0. The molecule has 2 aliphatic carbocycles. The number of benzene rings is 2. The number of halogens is 7.